The molecule has 98 valence electrons. The lowest BCUT2D eigenvalue weighted by atomic mass is 9.81. The average molecular weight is 241 g/mol. The first kappa shape index (κ1) is 14.0. The lowest BCUT2D eigenvalue weighted by molar-refractivity contribution is -0.142. The molecule has 2 N–H and O–H groups in total. The number of carboxylic acids is 1. The van der Waals surface area contributed by atoms with E-state index in [0.717, 1.165) is 12.8 Å². The highest BCUT2D eigenvalue weighted by Crippen LogP contribution is 2.30. The summed E-state index contributed by atoms with van der Waals surface area (Å²) in [4.78, 5) is 22.5. The number of hydrogen-bond acceptors (Lipinski definition) is 2. The van der Waals surface area contributed by atoms with Crippen molar-refractivity contribution in [3.05, 3.63) is 0 Å². The van der Waals surface area contributed by atoms with Gasteiger partial charge in [0.2, 0.25) is 5.91 Å². The van der Waals surface area contributed by atoms with Crippen molar-refractivity contribution in [1.82, 2.24) is 5.32 Å². The fourth-order valence-corrected chi connectivity index (χ4v) is 2.60. The van der Waals surface area contributed by atoms with Gasteiger partial charge in [0.1, 0.15) is 6.04 Å². The Balaban J connectivity index is 2.35. The summed E-state index contributed by atoms with van der Waals surface area (Å²) in [5.41, 5.74) is 0. The molecule has 3 atom stereocenters. The van der Waals surface area contributed by atoms with Crippen LogP contribution in [0.4, 0.5) is 0 Å². The Hall–Kier alpha value is -1.06. The molecule has 4 heteroatoms. The standard InChI is InChI=1S/C13H23NO3/c1-3-11(13(16)17)14-12(15)8-10-6-4-5-9(2)7-10/h9-11H,3-8H2,1-2H3,(H,14,15)(H,16,17). The Kier molecular flexibility index (Phi) is 5.45. The zero-order chi connectivity index (χ0) is 12.8. The molecule has 0 saturated heterocycles. The summed E-state index contributed by atoms with van der Waals surface area (Å²) in [6.07, 6.45) is 5.55. The van der Waals surface area contributed by atoms with Gasteiger partial charge in [-0.05, 0) is 31.1 Å². The van der Waals surface area contributed by atoms with Crippen LogP contribution in [0.15, 0.2) is 0 Å². The molecule has 0 radical (unpaired) electrons. The third-order valence-electron chi connectivity index (χ3n) is 3.56. The summed E-state index contributed by atoms with van der Waals surface area (Å²) < 4.78 is 0. The minimum Gasteiger partial charge on any atom is -0.480 e. The first-order valence-electron chi connectivity index (χ1n) is 6.55. The Morgan fingerprint density at radius 3 is 2.65 bits per heavy atom. The number of aliphatic carboxylic acids is 1. The van der Waals surface area contributed by atoms with Gasteiger partial charge in [-0.15, -0.1) is 0 Å². The number of nitrogens with one attached hydrogen (secondary N) is 1. The first-order chi connectivity index (χ1) is 8.02. The molecule has 1 rings (SSSR count). The molecule has 3 unspecified atom stereocenters. The van der Waals surface area contributed by atoms with Gasteiger partial charge in [0.15, 0.2) is 0 Å². The summed E-state index contributed by atoms with van der Waals surface area (Å²) in [6.45, 7) is 3.98. The Bertz CT molecular complexity index is 278. The van der Waals surface area contributed by atoms with Crippen molar-refractivity contribution in [3.63, 3.8) is 0 Å². The number of carbonyl (C=O) groups is 2. The van der Waals surface area contributed by atoms with Crippen molar-refractivity contribution in [3.8, 4) is 0 Å². The van der Waals surface area contributed by atoms with E-state index >= 15 is 0 Å². The van der Waals surface area contributed by atoms with Gasteiger partial charge in [0, 0.05) is 6.42 Å². The third kappa shape index (κ3) is 4.75. The molecule has 1 aliphatic carbocycles. The Labute approximate surface area is 103 Å². The normalized spacial score (nSPS) is 26.2. The van der Waals surface area contributed by atoms with Gasteiger partial charge in [-0.1, -0.05) is 26.7 Å². The number of carboxylic acid groups (broad SMARTS) is 1. The van der Waals surface area contributed by atoms with E-state index in [1.807, 2.05) is 0 Å². The van der Waals surface area contributed by atoms with Gasteiger partial charge >= 0.3 is 5.97 Å². The van der Waals surface area contributed by atoms with Crippen LogP contribution in [0.5, 0.6) is 0 Å². The van der Waals surface area contributed by atoms with Crippen LogP contribution in [0, 0.1) is 11.8 Å². The number of hydrogen-bond donors (Lipinski definition) is 2. The average Bonchev–Trinajstić information content (AvgIpc) is 2.25. The molecule has 0 spiro atoms. The van der Waals surface area contributed by atoms with Crippen molar-refractivity contribution in [2.45, 2.75) is 58.4 Å². The smallest absolute Gasteiger partial charge is 0.326 e. The van der Waals surface area contributed by atoms with E-state index in [0.29, 0.717) is 24.7 Å². The van der Waals surface area contributed by atoms with E-state index < -0.39 is 12.0 Å². The number of amides is 1. The van der Waals surface area contributed by atoms with E-state index in [4.69, 9.17) is 5.11 Å². The zero-order valence-corrected chi connectivity index (χ0v) is 10.7. The molecule has 1 fully saturated rings. The van der Waals surface area contributed by atoms with Gasteiger partial charge in [-0.2, -0.15) is 0 Å². The van der Waals surface area contributed by atoms with Crippen molar-refractivity contribution in [1.29, 1.82) is 0 Å². The van der Waals surface area contributed by atoms with E-state index in [9.17, 15) is 9.59 Å². The Morgan fingerprint density at radius 2 is 2.12 bits per heavy atom. The van der Waals surface area contributed by atoms with Crippen LogP contribution < -0.4 is 5.32 Å². The Morgan fingerprint density at radius 1 is 1.41 bits per heavy atom. The van der Waals surface area contributed by atoms with Crippen LogP contribution in [-0.2, 0) is 9.59 Å². The minimum absolute atomic E-state index is 0.113. The van der Waals surface area contributed by atoms with Crippen molar-refractivity contribution < 1.29 is 14.7 Å². The van der Waals surface area contributed by atoms with E-state index in [1.165, 1.54) is 12.8 Å². The lowest BCUT2D eigenvalue weighted by Crippen LogP contribution is -2.41. The van der Waals surface area contributed by atoms with Gasteiger partial charge < -0.3 is 10.4 Å². The molecule has 0 aliphatic heterocycles. The molecule has 0 heterocycles. The highest BCUT2D eigenvalue weighted by molar-refractivity contribution is 5.83. The predicted molar refractivity (Wildman–Crippen MR) is 65.6 cm³/mol. The fourth-order valence-electron chi connectivity index (χ4n) is 2.60. The maximum atomic E-state index is 11.7. The van der Waals surface area contributed by atoms with E-state index in [2.05, 4.69) is 12.2 Å². The van der Waals surface area contributed by atoms with Crippen molar-refractivity contribution in [2.24, 2.45) is 11.8 Å². The third-order valence-corrected chi connectivity index (χ3v) is 3.56. The first-order valence-corrected chi connectivity index (χ1v) is 6.55. The second kappa shape index (κ2) is 6.62. The quantitative estimate of drug-likeness (QED) is 0.775. The van der Waals surface area contributed by atoms with Crippen LogP contribution in [0.2, 0.25) is 0 Å². The number of carbonyl (C=O) groups excluding carboxylic acids is 1. The molecule has 4 nitrogen and oxygen atoms in total. The fraction of sp³-hybridized carbons (Fsp3) is 0.846. The summed E-state index contributed by atoms with van der Waals surface area (Å²) in [7, 11) is 0. The molecule has 0 aromatic carbocycles. The van der Waals surface area contributed by atoms with E-state index in [1.54, 1.807) is 6.92 Å². The molecule has 1 saturated carbocycles. The number of rotatable bonds is 5. The van der Waals surface area contributed by atoms with Gasteiger partial charge in [-0.3, -0.25) is 4.79 Å². The topological polar surface area (TPSA) is 66.4 Å². The van der Waals surface area contributed by atoms with Gasteiger partial charge in [-0.25, -0.2) is 4.79 Å². The molecule has 0 aromatic heterocycles. The molecule has 0 bridgehead atoms. The van der Waals surface area contributed by atoms with Gasteiger partial charge in [0.05, 0.1) is 0 Å². The SMILES string of the molecule is CCC(NC(=O)CC1CCCC(C)C1)C(=O)O. The second-order valence-electron chi connectivity index (χ2n) is 5.21. The van der Waals surface area contributed by atoms with Crippen LogP contribution in [0.3, 0.4) is 0 Å². The zero-order valence-electron chi connectivity index (χ0n) is 10.7. The van der Waals surface area contributed by atoms with Crippen LogP contribution >= 0.6 is 0 Å². The van der Waals surface area contributed by atoms with Crippen LogP contribution in [-0.4, -0.2) is 23.0 Å². The highest BCUT2D eigenvalue weighted by Gasteiger charge is 2.23. The van der Waals surface area contributed by atoms with Crippen LogP contribution in [0.1, 0.15) is 52.4 Å². The maximum Gasteiger partial charge on any atom is 0.326 e. The highest BCUT2D eigenvalue weighted by atomic mass is 16.4. The summed E-state index contributed by atoms with van der Waals surface area (Å²) in [6, 6.07) is -0.733. The molecule has 1 amide bonds. The van der Waals surface area contributed by atoms with Crippen molar-refractivity contribution in [2.75, 3.05) is 0 Å². The molecule has 17 heavy (non-hydrogen) atoms. The lowest BCUT2D eigenvalue weighted by Gasteiger charge is -2.26. The van der Waals surface area contributed by atoms with Crippen LogP contribution in [0.25, 0.3) is 0 Å². The van der Waals surface area contributed by atoms with E-state index in [-0.39, 0.29) is 5.91 Å². The molecular formula is C13H23NO3. The molecule has 0 aromatic rings. The summed E-state index contributed by atoms with van der Waals surface area (Å²) >= 11 is 0. The second-order valence-corrected chi connectivity index (χ2v) is 5.21. The monoisotopic (exact) mass is 241 g/mol. The molecular weight excluding hydrogens is 218 g/mol. The predicted octanol–water partition coefficient (Wildman–Crippen LogP) is 2.18. The largest absolute Gasteiger partial charge is 0.480 e. The van der Waals surface area contributed by atoms with Crippen molar-refractivity contribution >= 4 is 11.9 Å². The maximum absolute atomic E-state index is 11.7. The summed E-state index contributed by atoms with van der Waals surface area (Å²) in [5.74, 6) is 0.0734. The van der Waals surface area contributed by atoms with Gasteiger partial charge in [0.25, 0.3) is 0 Å². The summed E-state index contributed by atoms with van der Waals surface area (Å²) in [5, 5.41) is 11.4. The minimum atomic E-state index is -0.946. The molecule has 1 aliphatic rings.